The van der Waals surface area contributed by atoms with E-state index in [-0.39, 0.29) is 0 Å². The predicted octanol–water partition coefficient (Wildman–Crippen LogP) is 12.1. The summed E-state index contributed by atoms with van der Waals surface area (Å²) in [5, 5.41) is 2.42. The number of benzene rings is 2. The summed E-state index contributed by atoms with van der Waals surface area (Å²) in [4.78, 5) is 9.13. The van der Waals surface area contributed by atoms with E-state index >= 15 is 0 Å². The second-order valence-electron chi connectivity index (χ2n) is 11.7. The van der Waals surface area contributed by atoms with Gasteiger partial charge in [-0.05, 0) is 120 Å². The standard InChI is InChI=1S/C43H44N2/c1-6-9-19-33(16-7-2)29-32(5)34(17-8-3)43(35-20-11-10-18-31(35)4)40-25-24-38(36-21-12-13-22-37(36)40)39-26-28-44-30-41(39)42-23-14-15-27-45-42/h7-9,11-15,17,19-28,30,33H,2,4,6,10,16,18,29H2,1,3,5H3/b17-8-,19-9-,34-32-,43-35+. The number of rotatable bonds is 11. The van der Waals surface area contributed by atoms with Gasteiger partial charge in [-0.15, -0.1) is 6.58 Å². The molecule has 2 aromatic carbocycles. The number of allylic oxidation sites excluding steroid dienone is 12. The monoisotopic (exact) mass is 588 g/mol. The van der Waals surface area contributed by atoms with Gasteiger partial charge in [-0.1, -0.05) is 104 Å². The first-order valence-corrected chi connectivity index (χ1v) is 16.1. The van der Waals surface area contributed by atoms with Crippen LogP contribution in [0.1, 0.15) is 58.4 Å². The zero-order valence-electron chi connectivity index (χ0n) is 27.0. The van der Waals surface area contributed by atoms with Crippen molar-refractivity contribution in [3.63, 3.8) is 0 Å². The SMILES string of the molecule is C=CCC(/C=C\CC)C/C(C)=C(/C=C\C)C(=C1\C=CCCC1=C)\c1ccc(-c2ccncc2-c2ccccn2)c2ccccc12. The number of pyridine rings is 2. The molecule has 0 fully saturated rings. The largest absolute Gasteiger partial charge is 0.264 e. The molecule has 0 saturated carbocycles. The Morgan fingerprint density at radius 2 is 1.78 bits per heavy atom. The Morgan fingerprint density at radius 1 is 0.956 bits per heavy atom. The molecule has 0 radical (unpaired) electrons. The molecule has 2 heteroatoms. The van der Waals surface area contributed by atoms with Crippen LogP contribution in [-0.4, -0.2) is 9.97 Å². The number of hydrogen-bond donors (Lipinski definition) is 0. The van der Waals surface area contributed by atoms with E-state index in [1.54, 1.807) is 0 Å². The van der Waals surface area contributed by atoms with E-state index in [0.717, 1.165) is 48.9 Å². The number of fused-ring (bicyclic) bond motifs is 1. The van der Waals surface area contributed by atoms with Crippen LogP contribution in [0.25, 0.3) is 38.7 Å². The van der Waals surface area contributed by atoms with Crippen molar-refractivity contribution in [1.82, 2.24) is 9.97 Å². The van der Waals surface area contributed by atoms with Gasteiger partial charge >= 0.3 is 0 Å². The van der Waals surface area contributed by atoms with E-state index in [0.29, 0.717) is 5.92 Å². The first-order chi connectivity index (χ1) is 22.1. The quantitative estimate of drug-likeness (QED) is 0.129. The van der Waals surface area contributed by atoms with Crippen LogP contribution < -0.4 is 0 Å². The highest BCUT2D eigenvalue weighted by Gasteiger charge is 2.22. The summed E-state index contributed by atoms with van der Waals surface area (Å²) in [6.45, 7) is 15.2. The third-order valence-electron chi connectivity index (χ3n) is 8.54. The van der Waals surface area contributed by atoms with E-state index in [1.165, 1.54) is 49.8 Å². The van der Waals surface area contributed by atoms with E-state index < -0.39 is 0 Å². The minimum absolute atomic E-state index is 0.412. The van der Waals surface area contributed by atoms with Crippen LogP contribution in [0.15, 0.2) is 157 Å². The molecule has 1 aliphatic carbocycles. The van der Waals surface area contributed by atoms with Crippen molar-refractivity contribution in [2.45, 2.75) is 52.9 Å². The van der Waals surface area contributed by atoms with Gasteiger partial charge in [0.05, 0.1) is 5.69 Å². The summed E-state index contributed by atoms with van der Waals surface area (Å²) in [6.07, 6.45) is 26.3. The average Bonchev–Trinajstić information content (AvgIpc) is 3.08. The van der Waals surface area contributed by atoms with Crippen LogP contribution in [0, 0.1) is 5.92 Å². The second-order valence-corrected chi connectivity index (χ2v) is 11.7. The Bertz CT molecular complexity index is 1830. The lowest BCUT2D eigenvalue weighted by atomic mass is 9.80. The third kappa shape index (κ3) is 7.13. The van der Waals surface area contributed by atoms with Gasteiger partial charge in [0.1, 0.15) is 0 Å². The smallest absolute Gasteiger partial charge is 0.0723 e. The number of hydrogen-bond acceptors (Lipinski definition) is 2. The van der Waals surface area contributed by atoms with Gasteiger partial charge in [-0.2, -0.15) is 0 Å². The van der Waals surface area contributed by atoms with Crippen molar-refractivity contribution in [2.24, 2.45) is 5.92 Å². The van der Waals surface area contributed by atoms with Crippen LogP contribution >= 0.6 is 0 Å². The summed E-state index contributed by atoms with van der Waals surface area (Å²) < 4.78 is 0. The Kier molecular flexibility index (Phi) is 10.7. The van der Waals surface area contributed by atoms with Crippen molar-refractivity contribution < 1.29 is 0 Å². The molecule has 0 spiro atoms. The molecule has 1 aliphatic rings. The van der Waals surface area contributed by atoms with Gasteiger partial charge in [0, 0.05) is 24.2 Å². The van der Waals surface area contributed by atoms with Crippen molar-refractivity contribution in [3.8, 4) is 22.4 Å². The maximum atomic E-state index is 4.66. The fourth-order valence-electron chi connectivity index (χ4n) is 6.40. The summed E-state index contributed by atoms with van der Waals surface area (Å²) in [5.41, 5.74) is 11.8. The Balaban J connectivity index is 1.77. The lowest BCUT2D eigenvalue weighted by Crippen LogP contribution is -2.04. The second kappa shape index (κ2) is 15.3. The molecule has 0 bridgehead atoms. The van der Waals surface area contributed by atoms with E-state index in [1.807, 2.05) is 42.9 Å². The van der Waals surface area contributed by atoms with Gasteiger partial charge < -0.3 is 0 Å². The van der Waals surface area contributed by atoms with E-state index in [4.69, 9.17) is 0 Å². The molecular formula is C43H44N2. The number of aromatic nitrogens is 2. The molecule has 0 N–H and O–H groups in total. The molecule has 226 valence electrons. The lowest BCUT2D eigenvalue weighted by Gasteiger charge is -2.24. The molecule has 2 heterocycles. The zero-order valence-corrected chi connectivity index (χ0v) is 27.0. The van der Waals surface area contributed by atoms with Crippen LogP contribution in [-0.2, 0) is 0 Å². The fourth-order valence-corrected chi connectivity index (χ4v) is 6.40. The molecule has 1 atom stereocenters. The Hall–Kier alpha value is -4.82. The van der Waals surface area contributed by atoms with Crippen LogP contribution in [0.4, 0.5) is 0 Å². The molecule has 2 nitrogen and oxygen atoms in total. The fraction of sp³-hybridized carbons (Fsp3) is 0.209. The molecule has 0 saturated heterocycles. The zero-order chi connectivity index (χ0) is 31.6. The highest BCUT2D eigenvalue weighted by Crippen LogP contribution is 2.43. The van der Waals surface area contributed by atoms with Gasteiger partial charge in [-0.3, -0.25) is 9.97 Å². The summed E-state index contributed by atoms with van der Waals surface area (Å²) >= 11 is 0. The highest BCUT2D eigenvalue weighted by molar-refractivity contribution is 6.07. The minimum Gasteiger partial charge on any atom is -0.264 e. The van der Waals surface area contributed by atoms with Gasteiger partial charge in [-0.25, -0.2) is 0 Å². The molecule has 1 unspecified atom stereocenters. The van der Waals surface area contributed by atoms with Crippen molar-refractivity contribution >= 4 is 16.3 Å². The molecule has 0 aliphatic heterocycles. The molecule has 0 amide bonds. The van der Waals surface area contributed by atoms with Crippen LogP contribution in [0.5, 0.6) is 0 Å². The third-order valence-corrected chi connectivity index (χ3v) is 8.54. The normalized spacial score (nSPS) is 15.9. The summed E-state index contributed by atoms with van der Waals surface area (Å²) in [6, 6.07) is 21.5. The lowest BCUT2D eigenvalue weighted by molar-refractivity contribution is 0.651. The van der Waals surface area contributed by atoms with Crippen molar-refractivity contribution in [2.75, 3.05) is 0 Å². The van der Waals surface area contributed by atoms with Gasteiger partial charge in [0.15, 0.2) is 0 Å². The maximum absolute atomic E-state index is 4.66. The van der Waals surface area contributed by atoms with E-state index in [2.05, 4.69) is 123 Å². The van der Waals surface area contributed by atoms with Crippen LogP contribution in [0.2, 0.25) is 0 Å². The Morgan fingerprint density at radius 3 is 2.51 bits per heavy atom. The van der Waals surface area contributed by atoms with E-state index in [9.17, 15) is 0 Å². The molecule has 2 aromatic heterocycles. The Labute approximate surface area is 269 Å². The average molecular weight is 589 g/mol. The van der Waals surface area contributed by atoms with Gasteiger partial charge in [0.25, 0.3) is 0 Å². The molecule has 4 aromatic rings. The molecule has 45 heavy (non-hydrogen) atoms. The predicted molar refractivity (Wildman–Crippen MR) is 195 cm³/mol. The molecule has 5 rings (SSSR count). The molecular weight excluding hydrogens is 544 g/mol. The first kappa shape index (κ1) is 31.6. The number of nitrogens with zero attached hydrogens (tertiary/aromatic N) is 2. The van der Waals surface area contributed by atoms with Crippen molar-refractivity contribution in [3.05, 3.63) is 163 Å². The van der Waals surface area contributed by atoms with Crippen LogP contribution in [0.3, 0.4) is 0 Å². The minimum atomic E-state index is 0.412. The topological polar surface area (TPSA) is 25.8 Å². The van der Waals surface area contributed by atoms with Gasteiger partial charge in [0.2, 0.25) is 0 Å². The summed E-state index contributed by atoms with van der Waals surface area (Å²) in [5.74, 6) is 0.412. The van der Waals surface area contributed by atoms with Crippen molar-refractivity contribution in [1.29, 1.82) is 0 Å². The maximum Gasteiger partial charge on any atom is 0.0723 e. The highest BCUT2D eigenvalue weighted by atomic mass is 14.7. The first-order valence-electron chi connectivity index (χ1n) is 16.1. The summed E-state index contributed by atoms with van der Waals surface area (Å²) in [7, 11) is 0.